The van der Waals surface area contributed by atoms with E-state index in [2.05, 4.69) is 0 Å². The lowest BCUT2D eigenvalue weighted by atomic mass is 9.85. The Morgan fingerprint density at radius 2 is 1.67 bits per heavy atom. The van der Waals surface area contributed by atoms with Gasteiger partial charge in [0.1, 0.15) is 0 Å². The van der Waals surface area contributed by atoms with Crippen LogP contribution in [0.15, 0.2) is 36.4 Å². The van der Waals surface area contributed by atoms with Crippen molar-refractivity contribution < 1.29 is 19.2 Å². The second-order valence-electron chi connectivity index (χ2n) is 5.39. The molecule has 5 heteroatoms. The minimum absolute atomic E-state index is 0.137. The molecule has 0 bridgehead atoms. The zero-order chi connectivity index (χ0) is 15.0. The van der Waals surface area contributed by atoms with Gasteiger partial charge in [-0.3, -0.25) is 9.59 Å². The molecular formula is C16H15NO4. The number of hydrogen-bond acceptors (Lipinski definition) is 4. The van der Waals surface area contributed by atoms with Crippen molar-refractivity contribution in [3.05, 3.63) is 47.5 Å². The van der Waals surface area contributed by atoms with E-state index in [1.807, 2.05) is 19.1 Å². The van der Waals surface area contributed by atoms with Crippen LogP contribution in [0.3, 0.4) is 0 Å². The molecule has 2 amide bonds. The number of carbonyl (C=O) groups excluding carboxylic acids is 3. The summed E-state index contributed by atoms with van der Waals surface area (Å²) >= 11 is 0. The van der Waals surface area contributed by atoms with Gasteiger partial charge in [0.15, 0.2) is 0 Å². The van der Waals surface area contributed by atoms with Gasteiger partial charge in [0, 0.05) is 0 Å². The smallest absolute Gasteiger partial charge is 0.329 e. The first-order valence-electron chi connectivity index (χ1n) is 6.94. The van der Waals surface area contributed by atoms with E-state index < -0.39 is 17.8 Å². The first-order chi connectivity index (χ1) is 10.1. The van der Waals surface area contributed by atoms with Gasteiger partial charge in [0.25, 0.3) is 11.8 Å². The van der Waals surface area contributed by atoms with E-state index in [9.17, 15) is 14.4 Å². The van der Waals surface area contributed by atoms with Crippen LogP contribution < -0.4 is 0 Å². The number of nitrogens with zero attached hydrogens (tertiary/aromatic N) is 1. The number of allylic oxidation sites excluding steroid dienone is 2. The number of hydroxylamine groups is 2. The molecule has 1 aromatic carbocycles. The highest BCUT2D eigenvalue weighted by molar-refractivity contribution is 6.20. The summed E-state index contributed by atoms with van der Waals surface area (Å²) < 4.78 is 0. The molecule has 2 atom stereocenters. The molecule has 1 aliphatic carbocycles. The lowest BCUT2D eigenvalue weighted by Gasteiger charge is -2.24. The summed E-state index contributed by atoms with van der Waals surface area (Å²) in [7, 11) is 0. The number of carbonyl (C=O) groups is 3. The van der Waals surface area contributed by atoms with Gasteiger partial charge < -0.3 is 4.84 Å². The van der Waals surface area contributed by atoms with Gasteiger partial charge in [-0.15, -0.1) is 0 Å². The van der Waals surface area contributed by atoms with E-state index in [1.165, 1.54) is 0 Å². The van der Waals surface area contributed by atoms with E-state index in [0.29, 0.717) is 11.5 Å². The van der Waals surface area contributed by atoms with Crippen molar-refractivity contribution in [2.45, 2.75) is 19.8 Å². The quantitative estimate of drug-likeness (QED) is 0.618. The maximum atomic E-state index is 12.2. The second kappa shape index (κ2) is 5.16. The van der Waals surface area contributed by atoms with E-state index in [-0.39, 0.29) is 23.0 Å². The Balaban J connectivity index is 1.78. The lowest BCUT2D eigenvalue weighted by molar-refractivity contribution is -0.175. The highest BCUT2D eigenvalue weighted by atomic mass is 16.7. The topological polar surface area (TPSA) is 63.7 Å². The fourth-order valence-corrected chi connectivity index (χ4v) is 2.69. The first-order valence-corrected chi connectivity index (χ1v) is 6.94. The van der Waals surface area contributed by atoms with E-state index >= 15 is 0 Å². The lowest BCUT2D eigenvalue weighted by Crippen LogP contribution is -2.37. The maximum Gasteiger partial charge on any atom is 0.336 e. The molecule has 0 unspecified atom stereocenters. The molecule has 5 nitrogen and oxygen atoms in total. The Labute approximate surface area is 122 Å². The minimum Gasteiger partial charge on any atom is -0.329 e. The zero-order valence-corrected chi connectivity index (χ0v) is 11.6. The molecule has 3 rings (SSSR count). The Morgan fingerprint density at radius 3 is 2.24 bits per heavy atom. The Bertz CT molecular complexity index is 614. The average Bonchev–Trinajstić information content (AvgIpc) is 2.73. The summed E-state index contributed by atoms with van der Waals surface area (Å²) in [5.74, 6) is -1.87. The summed E-state index contributed by atoms with van der Waals surface area (Å²) in [5, 5.41) is 0.581. The Hall–Kier alpha value is -2.43. The van der Waals surface area contributed by atoms with E-state index in [0.717, 1.165) is 6.42 Å². The van der Waals surface area contributed by atoms with Crippen LogP contribution in [0.4, 0.5) is 0 Å². The van der Waals surface area contributed by atoms with Crippen LogP contribution in [0.1, 0.15) is 40.5 Å². The Morgan fingerprint density at radius 1 is 1.10 bits per heavy atom. The number of fused-ring (bicyclic) bond motifs is 1. The molecule has 108 valence electrons. The van der Waals surface area contributed by atoms with Crippen molar-refractivity contribution in [1.29, 1.82) is 0 Å². The van der Waals surface area contributed by atoms with Crippen LogP contribution in [-0.2, 0) is 9.63 Å². The van der Waals surface area contributed by atoms with Crippen LogP contribution in [0.25, 0.3) is 0 Å². The van der Waals surface area contributed by atoms with E-state index in [4.69, 9.17) is 4.84 Å². The van der Waals surface area contributed by atoms with Crippen molar-refractivity contribution >= 4 is 17.8 Å². The largest absolute Gasteiger partial charge is 0.336 e. The highest BCUT2D eigenvalue weighted by Gasteiger charge is 2.40. The van der Waals surface area contributed by atoms with Gasteiger partial charge in [-0.2, -0.15) is 0 Å². The molecular weight excluding hydrogens is 270 g/mol. The predicted octanol–water partition coefficient (Wildman–Crippen LogP) is 2.34. The first kappa shape index (κ1) is 13.5. The van der Waals surface area contributed by atoms with Crippen LogP contribution in [0, 0.1) is 11.8 Å². The van der Waals surface area contributed by atoms with Gasteiger partial charge in [-0.25, -0.2) is 4.79 Å². The molecule has 1 aromatic rings. The van der Waals surface area contributed by atoms with Crippen LogP contribution in [-0.4, -0.2) is 22.8 Å². The molecule has 2 aliphatic rings. The zero-order valence-electron chi connectivity index (χ0n) is 11.6. The van der Waals surface area contributed by atoms with Crippen molar-refractivity contribution in [3.63, 3.8) is 0 Å². The standard InChI is InChI=1S/C16H15NO4/c1-10-6-2-3-7-11(10)16(20)21-17-14(18)12-8-4-5-9-13(12)15(17)19/h2-5,8-11H,6-7H2,1H3/t10-,11-/m1/s1. The molecule has 1 aliphatic heterocycles. The summed E-state index contributed by atoms with van der Waals surface area (Å²) in [5.41, 5.74) is 0.541. The van der Waals surface area contributed by atoms with Gasteiger partial charge in [-0.1, -0.05) is 36.3 Å². The summed E-state index contributed by atoms with van der Waals surface area (Å²) in [6, 6.07) is 6.44. The molecule has 0 saturated carbocycles. The Kier molecular flexibility index (Phi) is 3.33. The summed E-state index contributed by atoms with van der Waals surface area (Å²) in [6.07, 6.45) is 5.32. The third kappa shape index (κ3) is 2.24. The molecule has 0 fully saturated rings. The van der Waals surface area contributed by atoms with Gasteiger partial charge in [-0.05, 0) is 30.9 Å². The SMILES string of the molecule is C[C@@H]1CC=CC[C@H]1C(=O)ON1C(=O)c2ccccc2C1=O. The maximum absolute atomic E-state index is 12.2. The van der Waals surface area contributed by atoms with Gasteiger partial charge in [0.05, 0.1) is 17.0 Å². The number of rotatable bonds is 2. The average molecular weight is 285 g/mol. The third-order valence-electron chi connectivity index (χ3n) is 3.99. The minimum atomic E-state index is -0.581. The third-order valence-corrected chi connectivity index (χ3v) is 3.99. The van der Waals surface area contributed by atoms with Crippen molar-refractivity contribution in [1.82, 2.24) is 5.06 Å². The van der Waals surface area contributed by atoms with Crippen molar-refractivity contribution in [2.24, 2.45) is 11.8 Å². The van der Waals surface area contributed by atoms with E-state index in [1.54, 1.807) is 24.3 Å². The van der Waals surface area contributed by atoms with Crippen molar-refractivity contribution in [3.8, 4) is 0 Å². The fraction of sp³-hybridized carbons (Fsp3) is 0.312. The molecule has 0 aromatic heterocycles. The molecule has 21 heavy (non-hydrogen) atoms. The molecule has 0 N–H and O–H groups in total. The summed E-state index contributed by atoms with van der Waals surface area (Å²) in [6.45, 7) is 1.96. The molecule has 1 heterocycles. The molecule has 0 radical (unpaired) electrons. The number of amides is 2. The number of benzene rings is 1. The second-order valence-corrected chi connectivity index (χ2v) is 5.39. The number of hydrogen-bond donors (Lipinski definition) is 0. The van der Waals surface area contributed by atoms with Gasteiger partial charge >= 0.3 is 5.97 Å². The predicted molar refractivity (Wildman–Crippen MR) is 74.1 cm³/mol. The number of imide groups is 1. The monoisotopic (exact) mass is 285 g/mol. The van der Waals surface area contributed by atoms with Crippen LogP contribution in [0.5, 0.6) is 0 Å². The highest BCUT2D eigenvalue weighted by Crippen LogP contribution is 2.28. The summed E-state index contributed by atoms with van der Waals surface area (Å²) in [4.78, 5) is 41.5. The van der Waals surface area contributed by atoms with Gasteiger partial charge in [0.2, 0.25) is 0 Å². The molecule has 0 saturated heterocycles. The fourth-order valence-electron chi connectivity index (χ4n) is 2.69. The van der Waals surface area contributed by atoms with Crippen LogP contribution in [0.2, 0.25) is 0 Å². The molecule has 0 spiro atoms. The van der Waals surface area contributed by atoms with Crippen molar-refractivity contribution in [2.75, 3.05) is 0 Å². The normalized spacial score (nSPS) is 24.1. The van der Waals surface area contributed by atoms with Crippen LogP contribution >= 0.6 is 0 Å².